The monoisotopic (exact) mass is 561 g/mol. The minimum atomic E-state index is -0.446. The van der Waals surface area contributed by atoms with Gasteiger partial charge in [0.25, 0.3) is 11.8 Å². The lowest BCUT2D eigenvalue weighted by Gasteiger charge is -2.14. The highest BCUT2D eigenvalue weighted by molar-refractivity contribution is 9.10. The third kappa shape index (κ3) is 8.81. The molecule has 3 aromatic rings. The van der Waals surface area contributed by atoms with Gasteiger partial charge in [0.1, 0.15) is 11.6 Å². The van der Waals surface area contributed by atoms with Crippen molar-refractivity contribution in [2.75, 3.05) is 25.1 Å². The van der Waals surface area contributed by atoms with Crippen LogP contribution in [-0.4, -0.2) is 31.6 Å². The number of nitrogens with zero attached hydrogens (tertiary/aromatic N) is 1. The maximum absolute atomic E-state index is 12.6. The smallest absolute Gasteiger partial charge is 0.262 e. The van der Waals surface area contributed by atoms with Gasteiger partial charge in [-0.05, 0) is 61.2 Å². The molecule has 0 spiro atoms. The van der Waals surface area contributed by atoms with Crippen molar-refractivity contribution >= 4 is 39.5 Å². The number of carbonyl (C=O) groups excluding carboxylic acids is 2. The topological polar surface area (TPSA) is 100 Å². The first-order valence-electron chi connectivity index (χ1n) is 11.9. The summed E-state index contributed by atoms with van der Waals surface area (Å²) in [6.07, 6.45) is 3.09. The quantitative estimate of drug-likeness (QED) is 0.172. The van der Waals surface area contributed by atoms with E-state index in [9.17, 15) is 14.9 Å². The Morgan fingerprint density at radius 3 is 2.35 bits per heavy atom. The van der Waals surface area contributed by atoms with Crippen molar-refractivity contribution in [1.29, 1.82) is 5.26 Å². The molecule has 0 bridgehead atoms. The number of ether oxygens (including phenoxy) is 2. The Labute approximate surface area is 225 Å². The van der Waals surface area contributed by atoms with Crippen LogP contribution in [0.3, 0.4) is 0 Å². The fourth-order valence-electron chi connectivity index (χ4n) is 3.44. The third-order valence-corrected chi connectivity index (χ3v) is 5.90. The average Bonchev–Trinajstić information content (AvgIpc) is 2.91. The summed E-state index contributed by atoms with van der Waals surface area (Å²) in [5.41, 5.74) is 2.41. The van der Waals surface area contributed by atoms with E-state index in [4.69, 9.17) is 9.47 Å². The third-order valence-electron chi connectivity index (χ3n) is 5.21. The second-order valence-corrected chi connectivity index (χ2v) is 8.83. The number of rotatable bonds is 12. The van der Waals surface area contributed by atoms with Gasteiger partial charge in [-0.1, -0.05) is 64.5 Å². The van der Waals surface area contributed by atoms with Crippen LogP contribution in [0.1, 0.15) is 24.5 Å². The molecule has 0 atom stereocenters. The van der Waals surface area contributed by atoms with Crippen molar-refractivity contribution < 1.29 is 19.1 Å². The van der Waals surface area contributed by atoms with Crippen LogP contribution in [0.15, 0.2) is 82.8 Å². The largest absolute Gasteiger partial charge is 0.490 e. The minimum absolute atomic E-state index is 0.0289. The molecular weight excluding hydrogens is 534 g/mol. The number of nitriles is 1. The molecule has 0 saturated heterocycles. The minimum Gasteiger partial charge on any atom is -0.490 e. The molecule has 0 unspecified atom stereocenters. The summed E-state index contributed by atoms with van der Waals surface area (Å²) in [7, 11) is 0. The van der Waals surface area contributed by atoms with Gasteiger partial charge in [0.15, 0.2) is 18.1 Å². The van der Waals surface area contributed by atoms with Crippen LogP contribution in [0.4, 0.5) is 5.69 Å². The van der Waals surface area contributed by atoms with Gasteiger partial charge in [-0.15, -0.1) is 0 Å². The summed E-state index contributed by atoms with van der Waals surface area (Å²) < 4.78 is 12.0. The van der Waals surface area contributed by atoms with Crippen molar-refractivity contribution in [2.24, 2.45) is 0 Å². The van der Waals surface area contributed by atoms with Crippen molar-refractivity contribution in [3.63, 3.8) is 0 Å². The molecule has 8 heteroatoms. The molecular formula is C29H28BrN3O4. The average molecular weight is 562 g/mol. The predicted octanol–water partition coefficient (Wildman–Crippen LogP) is 5.52. The highest BCUT2D eigenvalue weighted by Crippen LogP contribution is 2.35. The molecule has 3 rings (SSSR count). The van der Waals surface area contributed by atoms with Crippen LogP contribution in [0.25, 0.3) is 6.08 Å². The number of aryl methyl sites for hydroxylation is 1. The molecule has 190 valence electrons. The molecule has 7 nitrogen and oxygen atoms in total. The number of hydrogen-bond acceptors (Lipinski definition) is 5. The lowest BCUT2D eigenvalue weighted by molar-refractivity contribution is -0.118. The summed E-state index contributed by atoms with van der Waals surface area (Å²) in [4.78, 5) is 24.9. The second kappa shape index (κ2) is 14.5. The van der Waals surface area contributed by atoms with E-state index in [-0.39, 0.29) is 18.1 Å². The number of nitrogens with one attached hydrogen (secondary N) is 2. The molecule has 0 heterocycles. The zero-order valence-electron chi connectivity index (χ0n) is 20.5. The van der Waals surface area contributed by atoms with E-state index in [2.05, 4.69) is 26.6 Å². The number of benzene rings is 3. The molecule has 0 aliphatic heterocycles. The van der Waals surface area contributed by atoms with Gasteiger partial charge < -0.3 is 20.1 Å². The summed E-state index contributed by atoms with van der Waals surface area (Å²) in [5.74, 6) is -0.00856. The zero-order chi connectivity index (χ0) is 26.5. The Kier molecular flexibility index (Phi) is 10.7. The van der Waals surface area contributed by atoms with Gasteiger partial charge in [-0.25, -0.2) is 0 Å². The molecule has 0 aliphatic carbocycles. The van der Waals surface area contributed by atoms with Crippen LogP contribution in [0, 0.1) is 11.3 Å². The Hall–Kier alpha value is -4.09. The molecule has 3 aromatic carbocycles. The Morgan fingerprint density at radius 1 is 1.00 bits per heavy atom. The molecule has 2 N–H and O–H groups in total. The van der Waals surface area contributed by atoms with Crippen LogP contribution in [0.2, 0.25) is 0 Å². The standard InChI is InChI=1S/C29H28BrN3O4/c1-2-36-26-17-22(16-23(19-31)29(35)32-15-9-12-21-10-5-3-6-11-21)25(30)18-27(26)37-20-28(34)33-24-13-7-4-8-14-24/h3-8,10-11,13-14,16-18H,2,9,12,15,20H2,1H3,(H,32,35)(H,33,34)/b23-16-. The Morgan fingerprint density at radius 2 is 1.68 bits per heavy atom. The first kappa shape index (κ1) is 27.5. The lowest BCUT2D eigenvalue weighted by Crippen LogP contribution is -2.25. The first-order chi connectivity index (χ1) is 18.0. The summed E-state index contributed by atoms with van der Waals surface area (Å²) in [6, 6.07) is 24.4. The first-order valence-corrected chi connectivity index (χ1v) is 12.7. The maximum atomic E-state index is 12.6. The number of carbonyl (C=O) groups is 2. The number of hydrogen-bond donors (Lipinski definition) is 2. The zero-order valence-corrected chi connectivity index (χ0v) is 22.1. The lowest BCUT2D eigenvalue weighted by atomic mass is 10.1. The van der Waals surface area contributed by atoms with Gasteiger partial charge in [-0.2, -0.15) is 5.26 Å². The molecule has 0 saturated carbocycles. The van der Waals surface area contributed by atoms with E-state index in [1.807, 2.05) is 61.5 Å². The van der Waals surface area contributed by atoms with Crippen LogP contribution in [0.5, 0.6) is 11.5 Å². The van der Waals surface area contributed by atoms with E-state index >= 15 is 0 Å². The van der Waals surface area contributed by atoms with E-state index < -0.39 is 5.91 Å². The molecule has 2 amide bonds. The highest BCUT2D eigenvalue weighted by Gasteiger charge is 2.15. The number of amides is 2. The van der Waals surface area contributed by atoms with Gasteiger partial charge in [0.05, 0.1) is 6.61 Å². The van der Waals surface area contributed by atoms with Gasteiger partial charge in [0, 0.05) is 16.7 Å². The van der Waals surface area contributed by atoms with Crippen molar-refractivity contribution in [3.05, 3.63) is 94.0 Å². The van der Waals surface area contributed by atoms with E-state index in [0.717, 1.165) is 12.8 Å². The van der Waals surface area contributed by atoms with Gasteiger partial charge in [-0.3, -0.25) is 9.59 Å². The van der Waals surface area contributed by atoms with Gasteiger partial charge >= 0.3 is 0 Å². The number of anilines is 1. The maximum Gasteiger partial charge on any atom is 0.262 e. The van der Waals surface area contributed by atoms with Crippen LogP contribution in [-0.2, 0) is 16.0 Å². The molecule has 0 fully saturated rings. The Balaban J connectivity index is 1.64. The fourth-order valence-corrected chi connectivity index (χ4v) is 3.88. The summed E-state index contributed by atoms with van der Waals surface area (Å²) in [6.45, 7) is 2.43. The molecule has 0 radical (unpaired) electrons. The Bertz CT molecular complexity index is 1270. The van der Waals surface area contributed by atoms with Gasteiger partial charge in [0.2, 0.25) is 0 Å². The highest BCUT2D eigenvalue weighted by atomic mass is 79.9. The second-order valence-electron chi connectivity index (χ2n) is 7.97. The van der Waals surface area contributed by atoms with Crippen molar-refractivity contribution in [2.45, 2.75) is 19.8 Å². The van der Waals surface area contributed by atoms with E-state index in [0.29, 0.717) is 40.4 Å². The molecule has 0 aromatic heterocycles. The van der Waals surface area contributed by atoms with Crippen molar-refractivity contribution in [3.8, 4) is 17.6 Å². The predicted molar refractivity (Wildman–Crippen MR) is 147 cm³/mol. The van der Waals surface area contributed by atoms with Crippen LogP contribution < -0.4 is 20.1 Å². The summed E-state index contributed by atoms with van der Waals surface area (Å²) in [5, 5.41) is 15.1. The van der Waals surface area contributed by atoms with E-state index in [1.54, 1.807) is 24.3 Å². The fraction of sp³-hybridized carbons (Fsp3) is 0.207. The van der Waals surface area contributed by atoms with Crippen molar-refractivity contribution in [1.82, 2.24) is 5.32 Å². The number of halogens is 1. The van der Waals surface area contributed by atoms with E-state index in [1.165, 1.54) is 11.6 Å². The van der Waals surface area contributed by atoms with Crippen LogP contribution >= 0.6 is 15.9 Å². The SMILES string of the molecule is CCOc1cc(/C=C(/C#N)C(=O)NCCCc2ccccc2)c(Br)cc1OCC(=O)Nc1ccccc1. The number of para-hydroxylation sites is 1. The summed E-state index contributed by atoms with van der Waals surface area (Å²) >= 11 is 3.47. The molecule has 37 heavy (non-hydrogen) atoms. The normalized spacial score (nSPS) is 10.8. The molecule has 0 aliphatic rings.